The van der Waals surface area contributed by atoms with Crippen LogP contribution in [0.1, 0.15) is 15.2 Å². The van der Waals surface area contributed by atoms with Crippen molar-refractivity contribution >= 4 is 58.3 Å². The lowest BCUT2D eigenvalue weighted by Crippen LogP contribution is -2.30. The number of carbonyl (C=O) groups excluding carboxylic acids is 3. The van der Waals surface area contributed by atoms with E-state index in [1.807, 2.05) is 35.7 Å². The van der Waals surface area contributed by atoms with E-state index in [1.54, 1.807) is 67.0 Å². The Kier molecular flexibility index (Phi) is 8.63. The molecule has 9 heteroatoms. The third-order valence-corrected chi connectivity index (χ3v) is 6.64. The zero-order valence-electron chi connectivity index (χ0n) is 19.0. The van der Waals surface area contributed by atoms with Crippen LogP contribution in [0.15, 0.2) is 107 Å². The van der Waals surface area contributed by atoms with Crippen molar-refractivity contribution in [1.82, 2.24) is 10.3 Å². The van der Waals surface area contributed by atoms with Crippen LogP contribution in [-0.4, -0.2) is 28.5 Å². The van der Waals surface area contributed by atoms with Gasteiger partial charge in [-0.05, 0) is 66.1 Å². The van der Waals surface area contributed by atoms with Gasteiger partial charge in [-0.1, -0.05) is 24.3 Å². The average Bonchev–Trinajstić information content (AvgIpc) is 3.42. The van der Waals surface area contributed by atoms with E-state index >= 15 is 0 Å². The normalized spacial score (nSPS) is 10.9. The van der Waals surface area contributed by atoms with E-state index in [0.717, 1.165) is 9.77 Å². The molecule has 0 radical (unpaired) electrons. The Balaban J connectivity index is 1.37. The Bertz CT molecular complexity index is 1340. The molecule has 0 spiro atoms. The Morgan fingerprint density at radius 3 is 2.25 bits per heavy atom. The molecule has 4 aromatic rings. The van der Waals surface area contributed by atoms with Crippen LogP contribution < -0.4 is 16.0 Å². The van der Waals surface area contributed by atoms with Gasteiger partial charge in [-0.3, -0.25) is 19.4 Å². The van der Waals surface area contributed by atoms with Gasteiger partial charge in [0.2, 0.25) is 5.91 Å². The van der Waals surface area contributed by atoms with Crippen LogP contribution in [0, 0.1) is 0 Å². The van der Waals surface area contributed by atoms with E-state index < -0.39 is 5.91 Å². The fraction of sp³-hybridized carbons (Fsp3) is 0.0370. The minimum absolute atomic E-state index is 0.124. The van der Waals surface area contributed by atoms with Crippen LogP contribution in [-0.2, 0) is 9.59 Å². The summed E-state index contributed by atoms with van der Waals surface area (Å²) < 4.78 is 0. The van der Waals surface area contributed by atoms with Crippen LogP contribution in [0.25, 0.3) is 6.08 Å². The van der Waals surface area contributed by atoms with E-state index in [9.17, 15) is 14.4 Å². The molecule has 2 aromatic heterocycles. The zero-order chi connectivity index (χ0) is 25.2. The second-order valence-corrected chi connectivity index (χ2v) is 9.47. The summed E-state index contributed by atoms with van der Waals surface area (Å²) >= 11 is 2.84. The van der Waals surface area contributed by atoms with Crippen LogP contribution in [0.3, 0.4) is 0 Å². The SMILES string of the molecule is O=C(CSc1ccc(NC(=O)/C(=C/c2cccs2)NC(=O)c2ccccc2)cc1)Nc1ccncc1. The van der Waals surface area contributed by atoms with Crippen LogP contribution in [0.5, 0.6) is 0 Å². The van der Waals surface area contributed by atoms with Crippen molar-refractivity contribution in [1.29, 1.82) is 0 Å². The van der Waals surface area contributed by atoms with Gasteiger partial charge in [0.1, 0.15) is 5.70 Å². The summed E-state index contributed by atoms with van der Waals surface area (Å²) in [7, 11) is 0. The van der Waals surface area contributed by atoms with Gasteiger partial charge in [-0.25, -0.2) is 0 Å². The summed E-state index contributed by atoms with van der Waals surface area (Å²) in [5.74, 6) is -0.691. The van der Waals surface area contributed by atoms with Crippen LogP contribution in [0.2, 0.25) is 0 Å². The van der Waals surface area contributed by atoms with Crippen molar-refractivity contribution in [3.8, 4) is 0 Å². The molecule has 0 aliphatic rings. The van der Waals surface area contributed by atoms with Gasteiger partial charge in [-0.15, -0.1) is 23.1 Å². The summed E-state index contributed by atoms with van der Waals surface area (Å²) in [4.78, 5) is 43.5. The summed E-state index contributed by atoms with van der Waals surface area (Å²) in [6, 6.07) is 23.1. The molecule has 0 saturated carbocycles. The van der Waals surface area contributed by atoms with Crippen molar-refractivity contribution in [2.24, 2.45) is 0 Å². The number of pyridine rings is 1. The van der Waals surface area contributed by atoms with Gasteiger partial charge in [-0.2, -0.15) is 0 Å². The van der Waals surface area contributed by atoms with E-state index in [4.69, 9.17) is 0 Å². The molecule has 0 fully saturated rings. The second-order valence-electron chi connectivity index (χ2n) is 7.44. The molecule has 2 heterocycles. The lowest BCUT2D eigenvalue weighted by atomic mass is 10.2. The standard InChI is InChI=1S/C27H22N4O3S2/c32-25(29-21-12-14-28-15-13-21)18-36-22-10-8-20(9-11-22)30-27(34)24(17-23-7-4-16-35-23)31-26(33)19-5-2-1-3-6-19/h1-17H,18H2,(H,30,34)(H,31,33)(H,28,29,32)/b24-17-. The number of rotatable bonds is 9. The maximum absolute atomic E-state index is 13.0. The number of carbonyl (C=O) groups is 3. The minimum atomic E-state index is -0.440. The van der Waals surface area contributed by atoms with Crippen LogP contribution >= 0.6 is 23.1 Å². The highest BCUT2D eigenvalue weighted by molar-refractivity contribution is 8.00. The van der Waals surface area contributed by atoms with Crippen molar-refractivity contribution in [3.05, 3.63) is 113 Å². The number of amides is 3. The number of nitrogens with zero attached hydrogens (tertiary/aromatic N) is 1. The van der Waals surface area contributed by atoms with Gasteiger partial charge in [0, 0.05) is 39.1 Å². The molecule has 36 heavy (non-hydrogen) atoms. The topological polar surface area (TPSA) is 100 Å². The smallest absolute Gasteiger partial charge is 0.272 e. The number of anilines is 2. The monoisotopic (exact) mass is 514 g/mol. The maximum atomic E-state index is 13.0. The van der Waals surface area contributed by atoms with E-state index in [1.165, 1.54) is 23.1 Å². The quantitative estimate of drug-likeness (QED) is 0.208. The van der Waals surface area contributed by atoms with E-state index in [0.29, 0.717) is 16.9 Å². The highest BCUT2D eigenvalue weighted by Crippen LogP contribution is 2.21. The maximum Gasteiger partial charge on any atom is 0.272 e. The Labute approximate surface area is 216 Å². The lowest BCUT2D eigenvalue weighted by Gasteiger charge is -2.11. The fourth-order valence-electron chi connectivity index (χ4n) is 3.07. The fourth-order valence-corrected chi connectivity index (χ4v) is 4.43. The van der Waals surface area contributed by atoms with Gasteiger partial charge in [0.15, 0.2) is 0 Å². The zero-order valence-corrected chi connectivity index (χ0v) is 20.6. The first kappa shape index (κ1) is 24.9. The van der Waals surface area contributed by atoms with E-state index in [-0.39, 0.29) is 23.3 Å². The molecule has 0 aliphatic heterocycles. The molecule has 0 atom stereocenters. The molecule has 4 rings (SSSR count). The highest BCUT2D eigenvalue weighted by atomic mass is 32.2. The second kappa shape index (κ2) is 12.5. The molecule has 3 amide bonds. The summed E-state index contributed by atoms with van der Waals surface area (Å²) in [5, 5.41) is 10.3. The molecule has 180 valence electrons. The minimum Gasteiger partial charge on any atom is -0.325 e. The molecule has 0 bridgehead atoms. The number of thiophene rings is 1. The summed E-state index contributed by atoms with van der Waals surface area (Å²) in [5.41, 5.74) is 1.85. The first-order valence-electron chi connectivity index (χ1n) is 10.9. The summed E-state index contributed by atoms with van der Waals surface area (Å²) in [6.07, 6.45) is 4.88. The third kappa shape index (κ3) is 7.39. The van der Waals surface area contributed by atoms with Crippen molar-refractivity contribution < 1.29 is 14.4 Å². The molecular weight excluding hydrogens is 492 g/mol. The van der Waals surface area contributed by atoms with Crippen molar-refractivity contribution in [2.45, 2.75) is 4.90 Å². The molecule has 3 N–H and O–H groups in total. The Morgan fingerprint density at radius 2 is 1.56 bits per heavy atom. The average molecular weight is 515 g/mol. The van der Waals surface area contributed by atoms with Crippen LogP contribution in [0.4, 0.5) is 11.4 Å². The number of hydrogen-bond acceptors (Lipinski definition) is 6. The van der Waals surface area contributed by atoms with Gasteiger partial charge in [0.25, 0.3) is 11.8 Å². The molecular formula is C27H22N4O3S2. The number of hydrogen-bond donors (Lipinski definition) is 3. The molecule has 7 nitrogen and oxygen atoms in total. The predicted molar refractivity (Wildman–Crippen MR) is 145 cm³/mol. The molecule has 0 unspecified atom stereocenters. The number of benzene rings is 2. The number of nitrogens with one attached hydrogen (secondary N) is 3. The van der Waals surface area contributed by atoms with Crippen molar-refractivity contribution in [3.63, 3.8) is 0 Å². The molecule has 2 aromatic carbocycles. The summed E-state index contributed by atoms with van der Waals surface area (Å²) in [6.45, 7) is 0. The lowest BCUT2D eigenvalue weighted by molar-refractivity contribution is -0.114. The molecule has 0 aliphatic carbocycles. The molecule has 0 saturated heterocycles. The first-order valence-corrected chi connectivity index (χ1v) is 12.8. The Hall–Kier alpha value is -4.21. The Morgan fingerprint density at radius 1 is 0.833 bits per heavy atom. The first-order chi connectivity index (χ1) is 17.6. The predicted octanol–water partition coefficient (Wildman–Crippen LogP) is 5.28. The van der Waals surface area contributed by atoms with Gasteiger partial charge < -0.3 is 16.0 Å². The van der Waals surface area contributed by atoms with Gasteiger partial charge >= 0.3 is 0 Å². The van der Waals surface area contributed by atoms with Gasteiger partial charge in [0.05, 0.1) is 5.75 Å². The highest BCUT2D eigenvalue weighted by Gasteiger charge is 2.15. The number of thioether (sulfide) groups is 1. The number of aromatic nitrogens is 1. The third-order valence-electron chi connectivity index (χ3n) is 4.80. The largest absolute Gasteiger partial charge is 0.325 e. The van der Waals surface area contributed by atoms with E-state index in [2.05, 4.69) is 20.9 Å². The van der Waals surface area contributed by atoms with Crippen molar-refractivity contribution in [2.75, 3.05) is 16.4 Å².